The van der Waals surface area contributed by atoms with Gasteiger partial charge in [-0.3, -0.25) is 4.68 Å². The Bertz CT molecular complexity index is 307. The molecule has 1 heterocycles. The van der Waals surface area contributed by atoms with Crippen molar-refractivity contribution in [3.63, 3.8) is 0 Å². The van der Waals surface area contributed by atoms with Crippen molar-refractivity contribution in [1.82, 2.24) is 9.78 Å². The van der Waals surface area contributed by atoms with E-state index in [4.69, 9.17) is 23.2 Å². The highest BCUT2D eigenvalue weighted by Crippen LogP contribution is 2.21. The Kier molecular flexibility index (Phi) is 4.27. The Morgan fingerprint density at radius 1 is 1.50 bits per heavy atom. The van der Waals surface area contributed by atoms with Gasteiger partial charge in [0.1, 0.15) is 5.15 Å². The summed E-state index contributed by atoms with van der Waals surface area (Å²) in [5.74, 6) is 1.24. The van der Waals surface area contributed by atoms with Gasteiger partial charge in [-0.05, 0) is 25.7 Å². The molecule has 0 saturated heterocycles. The fraction of sp³-hybridized carbons (Fsp3) is 0.700. The molecule has 0 aliphatic carbocycles. The third-order valence-corrected chi connectivity index (χ3v) is 3.42. The Labute approximate surface area is 95.2 Å². The first-order chi connectivity index (χ1) is 6.56. The van der Waals surface area contributed by atoms with Gasteiger partial charge in [0.05, 0.1) is 5.69 Å². The molecule has 0 spiro atoms. The van der Waals surface area contributed by atoms with E-state index in [9.17, 15) is 0 Å². The van der Waals surface area contributed by atoms with E-state index in [1.54, 1.807) is 4.68 Å². The zero-order valence-corrected chi connectivity index (χ0v) is 10.4. The topological polar surface area (TPSA) is 17.8 Å². The molecule has 14 heavy (non-hydrogen) atoms. The SMILES string of the molecule is Cc1nn(C)c(Cl)c1CCC(C)CCl. The van der Waals surface area contributed by atoms with Crippen molar-refractivity contribution in [3.05, 3.63) is 16.4 Å². The predicted octanol–water partition coefficient (Wildman–Crippen LogP) is 3.19. The zero-order valence-electron chi connectivity index (χ0n) is 8.85. The van der Waals surface area contributed by atoms with E-state index >= 15 is 0 Å². The lowest BCUT2D eigenvalue weighted by atomic mass is 10.0. The molecule has 1 atom stereocenters. The molecule has 0 aromatic carbocycles. The monoisotopic (exact) mass is 234 g/mol. The van der Waals surface area contributed by atoms with Gasteiger partial charge in [0.15, 0.2) is 0 Å². The molecule has 0 fully saturated rings. The van der Waals surface area contributed by atoms with E-state index in [2.05, 4.69) is 12.0 Å². The normalized spacial score (nSPS) is 13.2. The average molecular weight is 235 g/mol. The predicted molar refractivity (Wildman–Crippen MR) is 61.2 cm³/mol. The minimum Gasteiger partial charge on any atom is -0.257 e. The molecule has 80 valence electrons. The van der Waals surface area contributed by atoms with E-state index in [1.807, 2.05) is 14.0 Å². The molecule has 0 N–H and O–H groups in total. The maximum Gasteiger partial charge on any atom is 0.130 e. The van der Waals surface area contributed by atoms with E-state index < -0.39 is 0 Å². The van der Waals surface area contributed by atoms with E-state index in [-0.39, 0.29) is 0 Å². The van der Waals surface area contributed by atoms with Gasteiger partial charge < -0.3 is 0 Å². The van der Waals surface area contributed by atoms with Crippen molar-refractivity contribution in [3.8, 4) is 0 Å². The molecule has 0 aliphatic rings. The fourth-order valence-corrected chi connectivity index (χ4v) is 1.85. The van der Waals surface area contributed by atoms with Crippen LogP contribution in [0.1, 0.15) is 24.6 Å². The lowest BCUT2D eigenvalue weighted by molar-refractivity contribution is 0.592. The molecule has 1 unspecified atom stereocenters. The van der Waals surface area contributed by atoms with Gasteiger partial charge in [0.25, 0.3) is 0 Å². The van der Waals surface area contributed by atoms with E-state index in [0.717, 1.165) is 29.3 Å². The summed E-state index contributed by atoms with van der Waals surface area (Å²) in [5.41, 5.74) is 2.19. The summed E-state index contributed by atoms with van der Waals surface area (Å²) in [6.45, 7) is 4.14. The molecule has 1 aromatic rings. The molecule has 1 rings (SSSR count). The number of nitrogens with zero attached hydrogens (tertiary/aromatic N) is 2. The molecule has 1 aromatic heterocycles. The first-order valence-corrected chi connectivity index (χ1v) is 5.71. The fourth-order valence-electron chi connectivity index (χ4n) is 1.43. The van der Waals surface area contributed by atoms with Crippen LogP contribution in [0.25, 0.3) is 0 Å². The van der Waals surface area contributed by atoms with Crippen LogP contribution in [0.3, 0.4) is 0 Å². The summed E-state index contributed by atoms with van der Waals surface area (Å²) in [7, 11) is 1.86. The highest BCUT2D eigenvalue weighted by Gasteiger charge is 2.11. The number of aromatic nitrogens is 2. The van der Waals surface area contributed by atoms with Crippen molar-refractivity contribution >= 4 is 23.2 Å². The molecule has 0 aliphatic heterocycles. The molecule has 2 nitrogen and oxygen atoms in total. The third-order valence-electron chi connectivity index (χ3n) is 2.42. The summed E-state index contributed by atoms with van der Waals surface area (Å²) in [6.07, 6.45) is 2.03. The van der Waals surface area contributed by atoms with Crippen molar-refractivity contribution in [2.75, 3.05) is 5.88 Å². The maximum atomic E-state index is 6.11. The number of halogens is 2. The molecular formula is C10H16Cl2N2. The molecular weight excluding hydrogens is 219 g/mol. The van der Waals surface area contributed by atoms with Gasteiger partial charge in [-0.15, -0.1) is 11.6 Å². The van der Waals surface area contributed by atoms with Crippen LogP contribution in [-0.2, 0) is 13.5 Å². The summed E-state index contributed by atoms with van der Waals surface area (Å²) in [4.78, 5) is 0. The van der Waals surface area contributed by atoms with Crippen LogP contribution in [-0.4, -0.2) is 15.7 Å². The molecule has 0 saturated carbocycles. The van der Waals surface area contributed by atoms with E-state index in [1.165, 1.54) is 0 Å². The smallest absolute Gasteiger partial charge is 0.130 e. The Morgan fingerprint density at radius 2 is 2.14 bits per heavy atom. The Morgan fingerprint density at radius 3 is 2.57 bits per heavy atom. The highest BCUT2D eigenvalue weighted by atomic mass is 35.5. The van der Waals surface area contributed by atoms with Crippen LogP contribution < -0.4 is 0 Å². The molecule has 0 amide bonds. The number of aryl methyl sites for hydroxylation is 2. The van der Waals surface area contributed by atoms with Crippen LogP contribution in [0.15, 0.2) is 0 Å². The van der Waals surface area contributed by atoms with Crippen LogP contribution in [0.4, 0.5) is 0 Å². The van der Waals surface area contributed by atoms with Crippen LogP contribution in [0.2, 0.25) is 5.15 Å². The van der Waals surface area contributed by atoms with Gasteiger partial charge in [0, 0.05) is 18.5 Å². The van der Waals surface area contributed by atoms with Crippen LogP contribution in [0.5, 0.6) is 0 Å². The average Bonchev–Trinajstić information content (AvgIpc) is 2.39. The molecule has 4 heteroatoms. The number of hydrogen-bond donors (Lipinski definition) is 0. The Balaban J connectivity index is 2.67. The first-order valence-electron chi connectivity index (χ1n) is 4.80. The molecule has 0 radical (unpaired) electrons. The number of rotatable bonds is 4. The standard InChI is InChI=1S/C10H16Cl2N2/c1-7(6-11)4-5-9-8(2)13-14(3)10(9)12/h7H,4-6H2,1-3H3. The van der Waals surface area contributed by atoms with Gasteiger partial charge >= 0.3 is 0 Å². The van der Waals surface area contributed by atoms with Crippen molar-refractivity contribution < 1.29 is 0 Å². The lowest BCUT2D eigenvalue weighted by Crippen LogP contribution is -1.99. The van der Waals surface area contributed by atoms with Gasteiger partial charge in [-0.2, -0.15) is 5.10 Å². The maximum absolute atomic E-state index is 6.11. The quantitative estimate of drug-likeness (QED) is 0.733. The minimum atomic E-state index is 0.535. The van der Waals surface area contributed by atoms with E-state index in [0.29, 0.717) is 11.8 Å². The molecule has 0 bridgehead atoms. The second kappa shape index (κ2) is 5.04. The third kappa shape index (κ3) is 2.64. The highest BCUT2D eigenvalue weighted by molar-refractivity contribution is 6.30. The van der Waals surface area contributed by atoms with Gasteiger partial charge in [-0.25, -0.2) is 0 Å². The summed E-state index contributed by atoms with van der Waals surface area (Å²) < 4.78 is 1.72. The lowest BCUT2D eigenvalue weighted by Gasteiger charge is -2.06. The summed E-state index contributed by atoms with van der Waals surface area (Å²) in [5, 5.41) is 5.02. The summed E-state index contributed by atoms with van der Waals surface area (Å²) in [6, 6.07) is 0. The minimum absolute atomic E-state index is 0.535. The zero-order chi connectivity index (χ0) is 10.7. The van der Waals surface area contributed by atoms with Crippen molar-refractivity contribution in [1.29, 1.82) is 0 Å². The first kappa shape index (κ1) is 11.9. The largest absolute Gasteiger partial charge is 0.257 e. The van der Waals surface area contributed by atoms with Crippen molar-refractivity contribution in [2.45, 2.75) is 26.7 Å². The van der Waals surface area contributed by atoms with Gasteiger partial charge in [0.2, 0.25) is 0 Å². The number of alkyl halides is 1. The van der Waals surface area contributed by atoms with Crippen LogP contribution >= 0.6 is 23.2 Å². The second-order valence-electron chi connectivity index (χ2n) is 3.78. The number of hydrogen-bond acceptors (Lipinski definition) is 1. The Hall–Kier alpha value is -0.210. The van der Waals surface area contributed by atoms with Crippen molar-refractivity contribution in [2.24, 2.45) is 13.0 Å². The van der Waals surface area contributed by atoms with Crippen LogP contribution in [0, 0.1) is 12.8 Å². The second-order valence-corrected chi connectivity index (χ2v) is 4.44. The van der Waals surface area contributed by atoms with Gasteiger partial charge in [-0.1, -0.05) is 18.5 Å². The summed E-state index contributed by atoms with van der Waals surface area (Å²) >= 11 is 11.9.